The van der Waals surface area contributed by atoms with Gasteiger partial charge in [0.2, 0.25) is 0 Å². The van der Waals surface area contributed by atoms with Crippen LogP contribution in [0.15, 0.2) is 24.3 Å². The fraction of sp³-hybridized carbons (Fsp3) is 0.364. The van der Waals surface area contributed by atoms with Gasteiger partial charge in [-0.2, -0.15) is 0 Å². The summed E-state index contributed by atoms with van der Waals surface area (Å²) in [6.07, 6.45) is 0. The molecule has 0 aromatic heterocycles. The third-order valence-electron chi connectivity index (χ3n) is 2.08. The number of nitrogen functional groups attached to an aromatic ring is 1. The van der Waals surface area contributed by atoms with Crippen molar-refractivity contribution in [3.8, 4) is 0 Å². The van der Waals surface area contributed by atoms with E-state index in [-0.39, 0.29) is 18.7 Å². The minimum atomic E-state index is -0.330. The number of methoxy groups -OCH3 is 1. The van der Waals surface area contributed by atoms with Crippen LogP contribution in [0.5, 0.6) is 0 Å². The Morgan fingerprint density at radius 3 is 2.87 bits per heavy atom. The van der Waals surface area contributed by atoms with E-state index in [4.69, 9.17) is 10.5 Å². The van der Waals surface area contributed by atoms with Crippen molar-refractivity contribution in [1.29, 1.82) is 0 Å². The number of carbonyl (C=O) groups is 1. The lowest BCUT2D eigenvalue weighted by Crippen LogP contribution is -2.14. The van der Waals surface area contributed by atoms with Crippen molar-refractivity contribution in [2.75, 3.05) is 19.6 Å². The molecular weight excluding hydrogens is 194 g/mol. The summed E-state index contributed by atoms with van der Waals surface area (Å²) in [5.41, 5.74) is 7.10. The van der Waals surface area contributed by atoms with Gasteiger partial charge in [-0.05, 0) is 24.6 Å². The molecule has 4 heteroatoms. The summed E-state index contributed by atoms with van der Waals surface area (Å²) in [6.45, 7) is 1.75. The Morgan fingerprint density at radius 1 is 1.53 bits per heavy atom. The summed E-state index contributed by atoms with van der Waals surface area (Å²) in [5.74, 6) is -0.647. The number of nitrogens with two attached hydrogens (primary N) is 1. The molecule has 4 nitrogen and oxygen atoms in total. The number of benzene rings is 1. The Hall–Kier alpha value is -1.55. The number of esters is 1. The van der Waals surface area contributed by atoms with E-state index in [1.807, 2.05) is 12.1 Å². The fourth-order valence-electron chi connectivity index (χ4n) is 1.21. The minimum absolute atomic E-state index is 0.0223. The zero-order valence-electron chi connectivity index (χ0n) is 8.90. The van der Waals surface area contributed by atoms with Crippen LogP contribution >= 0.6 is 0 Å². The smallest absolute Gasteiger partial charge is 0.315 e. The molecule has 0 bridgehead atoms. The summed E-state index contributed by atoms with van der Waals surface area (Å²) < 4.78 is 9.50. The topological polar surface area (TPSA) is 61.5 Å². The molecule has 0 aliphatic heterocycles. The first-order valence-electron chi connectivity index (χ1n) is 4.66. The van der Waals surface area contributed by atoms with E-state index in [2.05, 4.69) is 4.74 Å². The number of ether oxygens (including phenoxy) is 2. The van der Waals surface area contributed by atoms with Crippen LogP contribution in [0.2, 0.25) is 0 Å². The highest BCUT2D eigenvalue weighted by atomic mass is 16.7. The van der Waals surface area contributed by atoms with Crippen LogP contribution in [0.1, 0.15) is 18.4 Å². The van der Waals surface area contributed by atoms with Crippen LogP contribution in [0.3, 0.4) is 0 Å². The van der Waals surface area contributed by atoms with E-state index >= 15 is 0 Å². The Morgan fingerprint density at radius 2 is 2.27 bits per heavy atom. The molecule has 1 aromatic rings. The molecular formula is C11H15NO3. The van der Waals surface area contributed by atoms with Crippen molar-refractivity contribution >= 4 is 11.7 Å². The van der Waals surface area contributed by atoms with E-state index < -0.39 is 0 Å². The summed E-state index contributed by atoms with van der Waals surface area (Å²) in [4.78, 5) is 11.5. The maximum absolute atomic E-state index is 11.5. The maximum atomic E-state index is 11.5. The number of hydrogen-bond acceptors (Lipinski definition) is 4. The lowest BCUT2D eigenvalue weighted by Gasteiger charge is -2.11. The predicted octanol–water partition coefficient (Wildman–Crippen LogP) is 1.52. The van der Waals surface area contributed by atoms with Crippen LogP contribution in [-0.2, 0) is 14.3 Å². The van der Waals surface area contributed by atoms with Gasteiger partial charge < -0.3 is 15.2 Å². The van der Waals surface area contributed by atoms with Gasteiger partial charge in [0, 0.05) is 12.8 Å². The van der Waals surface area contributed by atoms with Gasteiger partial charge in [-0.3, -0.25) is 4.79 Å². The Balaban J connectivity index is 2.67. The van der Waals surface area contributed by atoms with E-state index in [1.165, 1.54) is 7.11 Å². The van der Waals surface area contributed by atoms with E-state index in [9.17, 15) is 4.79 Å². The summed E-state index contributed by atoms with van der Waals surface area (Å²) >= 11 is 0. The molecule has 0 saturated carbocycles. The minimum Gasteiger partial charge on any atom is -0.438 e. The van der Waals surface area contributed by atoms with Crippen molar-refractivity contribution in [2.45, 2.75) is 12.8 Å². The van der Waals surface area contributed by atoms with E-state index in [0.717, 1.165) is 5.56 Å². The quantitative estimate of drug-likeness (QED) is 0.464. The van der Waals surface area contributed by atoms with E-state index in [1.54, 1.807) is 19.1 Å². The third kappa shape index (κ3) is 3.25. The molecule has 0 fully saturated rings. The monoisotopic (exact) mass is 209 g/mol. The van der Waals surface area contributed by atoms with Crippen molar-refractivity contribution in [1.82, 2.24) is 0 Å². The summed E-state index contributed by atoms with van der Waals surface area (Å²) in [5, 5.41) is 0. The first kappa shape index (κ1) is 11.5. The van der Waals surface area contributed by atoms with E-state index in [0.29, 0.717) is 5.69 Å². The zero-order valence-corrected chi connectivity index (χ0v) is 8.90. The average molecular weight is 209 g/mol. The molecule has 0 radical (unpaired) electrons. The number of carbonyl (C=O) groups excluding carboxylic acids is 1. The molecule has 0 heterocycles. The molecule has 1 unspecified atom stereocenters. The van der Waals surface area contributed by atoms with Crippen LogP contribution in [0, 0.1) is 0 Å². The standard InChI is InChI=1S/C11H15NO3/c1-8(11(13)15-7-14-2)9-4-3-5-10(12)6-9/h3-6,8H,7,12H2,1-2H3. The molecule has 0 amide bonds. The van der Waals surface area contributed by atoms with Crippen molar-refractivity contribution in [3.63, 3.8) is 0 Å². The molecule has 82 valence electrons. The van der Waals surface area contributed by atoms with Gasteiger partial charge in [0.1, 0.15) is 0 Å². The fourth-order valence-corrected chi connectivity index (χ4v) is 1.21. The summed E-state index contributed by atoms with van der Waals surface area (Å²) in [6, 6.07) is 7.19. The van der Waals surface area contributed by atoms with Gasteiger partial charge >= 0.3 is 5.97 Å². The molecule has 0 aliphatic rings. The maximum Gasteiger partial charge on any atom is 0.315 e. The van der Waals surface area contributed by atoms with Crippen LogP contribution < -0.4 is 5.73 Å². The number of rotatable bonds is 4. The number of hydrogen-bond donors (Lipinski definition) is 1. The lowest BCUT2D eigenvalue weighted by molar-refractivity contribution is -0.155. The first-order chi connectivity index (χ1) is 7.15. The highest BCUT2D eigenvalue weighted by molar-refractivity contribution is 5.78. The highest BCUT2D eigenvalue weighted by Crippen LogP contribution is 2.18. The zero-order chi connectivity index (χ0) is 11.3. The van der Waals surface area contributed by atoms with Gasteiger partial charge in [-0.15, -0.1) is 0 Å². The van der Waals surface area contributed by atoms with Gasteiger partial charge in [0.05, 0.1) is 5.92 Å². The molecule has 1 rings (SSSR count). The van der Waals surface area contributed by atoms with Crippen LogP contribution in [-0.4, -0.2) is 19.9 Å². The molecule has 1 aromatic carbocycles. The molecule has 0 saturated heterocycles. The van der Waals surface area contributed by atoms with Crippen LogP contribution in [0.4, 0.5) is 5.69 Å². The molecule has 15 heavy (non-hydrogen) atoms. The second kappa shape index (κ2) is 5.36. The molecule has 0 spiro atoms. The Kier molecular flexibility index (Phi) is 4.12. The third-order valence-corrected chi connectivity index (χ3v) is 2.08. The SMILES string of the molecule is COCOC(=O)C(C)c1cccc(N)c1. The first-order valence-corrected chi connectivity index (χ1v) is 4.66. The van der Waals surface area contributed by atoms with Crippen LogP contribution in [0.25, 0.3) is 0 Å². The van der Waals surface area contributed by atoms with Gasteiger partial charge in [0.25, 0.3) is 0 Å². The Labute approximate surface area is 89.0 Å². The van der Waals surface area contributed by atoms with Crippen molar-refractivity contribution < 1.29 is 14.3 Å². The Bertz CT molecular complexity index is 338. The predicted molar refractivity (Wildman–Crippen MR) is 57.2 cm³/mol. The van der Waals surface area contributed by atoms with Gasteiger partial charge in [-0.1, -0.05) is 12.1 Å². The van der Waals surface area contributed by atoms with Gasteiger partial charge in [-0.25, -0.2) is 0 Å². The lowest BCUT2D eigenvalue weighted by atomic mass is 10.0. The van der Waals surface area contributed by atoms with Crippen molar-refractivity contribution in [2.24, 2.45) is 0 Å². The molecule has 1 atom stereocenters. The highest BCUT2D eigenvalue weighted by Gasteiger charge is 2.16. The second-order valence-corrected chi connectivity index (χ2v) is 3.26. The largest absolute Gasteiger partial charge is 0.438 e. The average Bonchev–Trinajstić information content (AvgIpc) is 2.24. The normalized spacial score (nSPS) is 12.1. The van der Waals surface area contributed by atoms with Crippen molar-refractivity contribution in [3.05, 3.63) is 29.8 Å². The number of anilines is 1. The second-order valence-electron chi connectivity index (χ2n) is 3.26. The molecule has 0 aliphatic carbocycles. The molecule has 2 N–H and O–H groups in total. The van der Waals surface area contributed by atoms with Gasteiger partial charge in [0.15, 0.2) is 6.79 Å². The summed E-state index contributed by atoms with van der Waals surface area (Å²) in [7, 11) is 1.47.